The van der Waals surface area contributed by atoms with Crippen LogP contribution in [0, 0.1) is 0 Å². The normalized spacial score (nSPS) is 15.6. The van der Waals surface area contributed by atoms with Gasteiger partial charge in [-0.1, -0.05) is 11.6 Å². The van der Waals surface area contributed by atoms with Crippen molar-refractivity contribution in [3.8, 4) is 0 Å². The number of aliphatic imine (C=N–C) groups is 1. The maximum absolute atomic E-state index is 5.34. The zero-order valence-corrected chi connectivity index (χ0v) is 14.0. The van der Waals surface area contributed by atoms with Crippen LogP contribution in [-0.4, -0.2) is 48.8 Å². The van der Waals surface area contributed by atoms with Gasteiger partial charge in [0.15, 0.2) is 5.96 Å². The van der Waals surface area contributed by atoms with Gasteiger partial charge in [-0.3, -0.25) is 4.99 Å². The van der Waals surface area contributed by atoms with Crippen LogP contribution < -0.4 is 5.32 Å². The van der Waals surface area contributed by atoms with Gasteiger partial charge in [0.2, 0.25) is 0 Å². The Kier molecular flexibility index (Phi) is 6.52. The summed E-state index contributed by atoms with van der Waals surface area (Å²) in [4.78, 5) is 6.94. The molecular weight excluding hydrogens is 276 g/mol. The molecule has 0 saturated heterocycles. The van der Waals surface area contributed by atoms with Gasteiger partial charge in [-0.25, -0.2) is 0 Å². The fraction of sp³-hybridized carbons (Fsp3) is 0.588. The van der Waals surface area contributed by atoms with Gasteiger partial charge >= 0.3 is 0 Å². The fourth-order valence-electron chi connectivity index (χ4n) is 2.55. The van der Waals surface area contributed by atoms with E-state index in [1.807, 2.05) is 0 Å². The van der Waals surface area contributed by atoms with Gasteiger partial charge in [-0.05, 0) is 31.9 Å². The molecule has 1 aliphatic heterocycles. The Labute approximate surface area is 133 Å². The van der Waals surface area contributed by atoms with E-state index in [0.717, 1.165) is 51.6 Å². The van der Waals surface area contributed by atoms with Crippen LogP contribution in [0.2, 0.25) is 0 Å². The highest BCUT2D eigenvalue weighted by Gasteiger charge is 2.08. The molecule has 5 heteroatoms. The summed E-state index contributed by atoms with van der Waals surface area (Å²) in [5, 5.41) is 3.37. The molecule has 1 aromatic heterocycles. The Bertz CT molecular complexity index is 518. The molecule has 0 radical (unpaired) electrons. The van der Waals surface area contributed by atoms with E-state index in [0.29, 0.717) is 0 Å². The summed E-state index contributed by atoms with van der Waals surface area (Å²) in [6.07, 6.45) is 6.34. The molecule has 2 heterocycles. The van der Waals surface area contributed by atoms with Crippen LogP contribution in [-0.2, 0) is 18.3 Å². The number of aromatic nitrogens is 1. The van der Waals surface area contributed by atoms with E-state index in [4.69, 9.17) is 9.73 Å². The van der Waals surface area contributed by atoms with E-state index < -0.39 is 0 Å². The second-order valence-electron chi connectivity index (χ2n) is 5.64. The molecule has 0 aliphatic carbocycles. The quantitative estimate of drug-likeness (QED) is 0.497. The Balaban J connectivity index is 1.91. The number of guanidine groups is 1. The highest BCUT2D eigenvalue weighted by atomic mass is 16.5. The number of ether oxygens (including phenoxy) is 1. The average molecular weight is 304 g/mol. The molecule has 0 saturated carbocycles. The zero-order chi connectivity index (χ0) is 15.8. The maximum atomic E-state index is 5.34. The lowest BCUT2D eigenvalue weighted by Gasteiger charge is -2.22. The summed E-state index contributed by atoms with van der Waals surface area (Å²) in [6.45, 7) is 6.27. The third-order valence-electron chi connectivity index (χ3n) is 3.90. The van der Waals surface area contributed by atoms with E-state index in [1.165, 1.54) is 11.3 Å². The Morgan fingerprint density at radius 1 is 1.50 bits per heavy atom. The molecule has 22 heavy (non-hydrogen) atoms. The van der Waals surface area contributed by atoms with E-state index in [1.54, 1.807) is 0 Å². The minimum atomic E-state index is 0.756. The number of aryl methyl sites for hydroxylation is 1. The van der Waals surface area contributed by atoms with Crippen LogP contribution in [0.3, 0.4) is 0 Å². The lowest BCUT2D eigenvalue weighted by atomic mass is 10.1. The minimum absolute atomic E-state index is 0.756. The highest BCUT2D eigenvalue weighted by Crippen LogP contribution is 2.12. The standard InChI is InChI=1S/C17H28N4O/c1-4-18-17(19-10-7-15-8-12-22-13-9-15)21(3)14-16-6-5-11-20(16)2/h5-6,8,11H,4,7,9-10,12-14H2,1-3H3,(H,18,19). The number of hydrogen-bond donors (Lipinski definition) is 1. The van der Waals surface area contributed by atoms with Gasteiger partial charge in [0, 0.05) is 39.1 Å². The summed E-state index contributed by atoms with van der Waals surface area (Å²) in [7, 11) is 4.16. The summed E-state index contributed by atoms with van der Waals surface area (Å²) < 4.78 is 7.48. The first kappa shape index (κ1) is 16.6. The predicted octanol–water partition coefficient (Wildman–Crippen LogP) is 2.16. The predicted molar refractivity (Wildman–Crippen MR) is 91.0 cm³/mol. The molecule has 5 nitrogen and oxygen atoms in total. The van der Waals surface area contributed by atoms with Crippen molar-refractivity contribution in [3.05, 3.63) is 35.7 Å². The van der Waals surface area contributed by atoms with E-state index >= 15 is 0 Å². The maximum Gasteiger partial charge on any atom is 0.194 e. The highest BCUT2D eigenvalue weighted by molar-refractivity contribution is 5.79. The van der Waals surface area contributed by atoms with Crippen molar-refractivity contribution in [2.75, 3.05) is 33.4 Å². The van der Waals surface area contributed by atoms with Crippen LogP contribution in [0.4, 0.5) is 0 Å². The topological polar surface area (TPSA) is 41.8 Å². The van der Waals surface area contributed by atoms with Crippen molar-refractivity contribution < 1.29 is 4.74 Å². The lowest BCUT2D eigenvalue weighted by Crippen LogP contribution is -2.38. The van der Waals surface area contributed by atoms with E-state index in [-0.39, 0.29) is 0 Å². The van der Waals surface area contributed by atoms with Crippen LogP contribution in [0.5, 0.6) is 0 Å². The van der Waals surface area contributed by atoms with E-state index in [2.05, 4.69) is 60.2 Å². The van der Waals surface area contributed by atoms with Gasteiger partial charge in [0.05, 0.1) is 19.8 Å². The molecule has 1 aliphatic rings. The number of rotatable bonds is 6. The molecule has 2 rings (SSSR count). The smallest absolute Gasteiger partial charge is 0.194 e. The molecule has 0 fully saturated rings. The summed E-state index contributed by atoms with van der Waals surface area (Å²) >= 11 is 0. The number of nitrogens with zero attached hydrogens (tertiary/aromatic N) is 3. The third kappa shape index (κ3) is 4.91. The van der Waals surface area contributed by atoms with Crippen LogP contribution >= 0.6 is 0 Å². The van der Waals surface area contributed by atoms with Gasteiger partial charge in [-0.15, -0.1) is 0 Å². The first-order chi connectivity index (χ1) is 10.7. The average Bonchev–Trinajstić information content (AvgIpc) is 2.92. The second kappa shape index (κ2) is 8.63. The molecule has 1 aromatic rings. The second-order valence-corrected chi connectivity index (χ2v) is 5.64. The number of hydrogen-bond acceptors (Lipinski definition) is 2. The van der Waals surface area contributed by atoms with Crippen LogP contribution in [0.1, 0.15) is 25.5 Å². The molecule has 0 unspecified atom stereocenters. The SMILES string of the molecule is CCNC(=NCCC1=CCOCC1)N(C)Cc1cccn1C. The van der Waals surface area contributed by atoms with Crippen molar-refractivity contribution in [1.82, 2.24) is 14.8 Å². The Morgan fingerprint density at radius 3 is 3.00 bits per heavy atom. The molecule has 0 atom stereocenters. The van der Waals surface area contributed by atoms with Gasteiger partial charge < -0.3 is 19.5 Å². The first-order valence-electron chi connectivity index (χ1n) is 8.06. The van der Waals surface area contributed by atoms with Crippen molar-refractivity contribution in [2.45, 2.75) is 26.3 Å². The molecule has 0 spiro atoms. The zero-order valence-electron chi connectivity index (χ0n) is 14.0. The molecular formula is C17H28N4O. The van der Waals surface area contributed by atoms with Crippen LogP contribution in [0.25, 0.3) is 0 Å². The Hall–Kier alpha value is -1.75. The molecule has 0 aromatic carbocycles. The Morgan fingerprint density at radius 2 is 2.36 bits per heavy atom. The van der Waals surface area contributed by atoms with Gasteiger partial charge in [0.1, 0.15) is 0 Å². The molecule has 1 N–H and O–H groups in total. The summed E-state index contributed by atoms with van der Waals surface area (Å²) in [6, 6.07) is 4.22. The first-order valence-corrected chi connectivity index (χ1v) is 8.06. The van der Waals surface area contributed by atoms with Crippen molar-refractivity contribution in [2.24, 2.45) is 12.0 Å². The van der Waals surface area contributed by atoms with Crippen LogP contribution in [0.15, 0.2) is 35.0 Å². The molecule has 122 valence electrons. The van der Waals surface area contributed by atoms with Gasteiger partial charge in [0.25, 0.3) is 0 Å². The fourth-order valence-corrected chi connectivity index (χ4v) is 2.55. The summed E-state index contributed by atoms with van der Waals surface area (Å²) in [5.41, 5.74) is 2.75. The van der Waals surface area contributed by atoms with Crippen molar-refractivity contribution in [1.29, 1.82) is 0 Å². The third-order valence-corrected chi connectivity index (χ3v) is 3.90. The largest absolute Gasteiger partial charge is 0.377 e. The number of nitrogens with one attached hydrogen (secondary N) is 1. The molecule has 0 bridgehead atoms. The van der Waals surface area contributed by atoms with Crippen molar-refractivity contribution in [3.63, 3.8) is 0 Å². The van der Waals surface area contributed by atoms with Crippen molar-refractivity contribution >= 4 is 5.96 Å². The van der Waals surface area contributed by atoms with Gasteiger partial charge in [-0.2, -0.15) is 0 Å². The summed E-state index contributed by atoms with van der Waals surface area (Å²) in [5.74, 6) is 0.969. The molecule has 0 amide bonds. The lowest BCUT2D eigenvalue weighted by molar-refractivity contribution is 0.153. The minimum Gasteiger partial charge on any atom is -0.377 e. The monoisotopic (exact) mass is 304 g/mol. The van der Waals surface area contributed by atoms with E-state index in [9.17, 15) is 0 Å².